The van der Waals surface area contributed by atoms with Crippen LogP contribution in [0, 0.1) is 6.92 Å². The van der Waals surface area contributed by atoms with Crippen molar-refractivity contribution in [3.63, 3.8) is 0 Å². The molecule has 0 aliphatic carbocycles. The number of nitrogens with zero attached hydrogens (tertiary/aromatic N) is 1. The van der Waals surface area contributed by atoms with Crippen molar-refractivity contribution in [2.24, 2.45) is 0 Å². The second kappa shape index (κ2) is 4.31. The Labute approximate surface area is 88.7 Å². The Hall–Kier alpha value is -1.55. The molecule has 0 saturated carbocycles. The van der Waals surface area contributed by atoms with Gasteiger partial charge in [0, 0.05) is 30.4 Å². The number of aromatic amines is 1. The van der Waals surface area contributed by atoms with Gasteiger partial charge in [0.25, 0.3) is 0 Å². The van der Waals surface area contributed by atoms with Crippen molar-refractivity contribution in [2.75, 3.05) is 7.05 Å². The number of nitrogens with one attached hydrogen (secondary N) is 2. The standard InChI is InChI=1S/C11H15N3O/c1-8-5-9(7-15-8)10(12-2)6-11-13-3-4-14-11/h3-5,7,10,12H,6H2,1-2H3,(H,13,14). The largest absolute Gasteiger partial charge is 0.469 e. The van der Waals surface area contributed by atoms with E-state index in [2.05, 4.69) is 15.3 Å². The summed E-state index contributed by atoms with van der Waals surface area (Å²) in [5.41, 5.74) is 1.16. The van der Waals surface area contributed by atoms with Gasteiger partial charge in [-0.15, -0.1) is 0 Å². The molecule has 0 fully saturated rings. The molecule has 1 atom stereocenters. The summed E-state index contributed by atoms with van der Waals surface area (Å²) in [7, 11) is 1.94. The predicted molar refractivity (Wildman–Crippen MR) is 57.5 cm³/mol. The van der Waals surface area contributed by atoms with E-state index in [0.29, 0.717) is 0 Å². The maximum Gasteiger partial charge on any atom is 0.107 e. The van der Waals surface area contributed by atoms with Gasteiger partial charge in [0.15, 0.2) is 0 Å². The molecule has 0 radical (unpaired) electrons. The number of hydrogen-bond acceptors (Lipinski definition) is 3. The summed E-state index contributed by atoms with van der Waals surface area (Å²) >= 11 is 0. The van der Waals surface area contributed by atoms with Crippen LogP contribution in [-0.2, 0) is 6.42 Å². The van der Waals surface area contributed by atoms with Gasteiger partial charge < -0.3 is 14.7 Å². The molecule has 2 N–H and O–H groups in total. The van der Waals surface area contributed by atoms with E-state index in [9.17, 15) is 0 Å². The van der Waals surface area contributed by atoms with Gasteiger partial charge in [-0.05, 0) is 20.0 Å². The van der Waals surface area contributed by atoms with Crippen molar-refractivity contribution in [1.82, 2.24) is 15.3 Å². The molecule has 0 aromatic carbocycles. The summed E-state index contributed by atoms with van der Waals surface area (Å²) in [5.74, 6) is 1.91. The van der Waals surface area contributed by atoms with Crippen molar-refractivity contribution in [2.45, 2.75) is 19.4 Å². The zero-order valence-electron chi connectivity index (χ0n) is 8.95. The average Bonchev–Trinajstić information content (AvgIpc) is 2.85. The lowest BCUT2D eigenvalue weighted by molar-refractivity contribution is 0.518. The first kappa shape index (κ1) is 9.98. The van der Waals surface area contributed by atoms with Crippen LogP contribution in [0.3, 0.4) is 0 Å². The first-order chi connectivity index (χ1) is 7.29. The fourth-order valence-electron chi connectivity index (χ4n) is 1.64. The Morgan fingerprint density at radius 1 is 1.60 bits per heavy atom. The average molecular weight is 205 g/mol. The maximum atomic E-state index is 5.30. The van der Waals surface area contributed by atoms with Gasteiger partial charge in [0.2, 0.25) is 0 Å². The van der Waals surface area contributed by atoms with Crippen molar-refractivity contribution in [1.29, 1.82) is 0 Å². The molecule has 0 aliphatic heterocycles. The van der Waals surface area contributed by atoms with E-state index >= 15 is 0 Å². The molecule has 0 aliphatic rings. The summed E-state index contributed by atoms with van der Waals surface area (Å²) in [6, 6.07) is 2.29. The molecule has 15 heavy (non-hydrogen) atoms. The third-order valence-electron chi connectivity index (χ3n) is 2.45. The first-order valence-corrected chi connectivity index (χ1v) is 5.00. The van der Waals surface area contributed by atoms with Crippen LogP contribution in [0.25, 0.3) is 0 Å². The van der Waals surface area contributed by atoms with Crippen molar-refractivity contribution in [3.05, 3.63) is 41.9 Å². The predicted octanol–water partition coefficient (Wildman–Crippen LogP) is 1.81. The fourth-order valence-corrected chi connectivity index (χ4v) is 1.64. The molecule has 0 spiro atoms. The second-order valence-electron chi connectivity index (χ2n) is 3.57. The highest BCUT2D eigenvalue weighted by atomic mass is 16.3. The summed E-state index contributed by atoms with van der Waals surface area (Å²) in [6.07, 6.45) is 6.23. The second-order valence-corrected chi connectivity index (χ2v) is 3.57. The quantitative estimate of drug-likeness (QED) is 0.800. The van der Waals surface area contributed by atoms with E-state index in [-0.39, 0.29) is 6.04 Å². The third-order valence-corrected chi connectivity index (χ3v) is 2.45. The van der Waals surface area contributed by atoms with Gasteiger partial charge in [-0.3, -0.25) is 0 Å². The lowest BCUT2D eigenvalue weighted by Gasteiger charge is -2.12. The Kier molecular flexibility index (Phi) is 2.87. The van der Waals surface area contributed by atoms with Crippen LogP contribution in [0.15, 0.2) is 29.1 Å². The van der Waals surface area contributed by atoms with Crippen LogP contribution in [0.1, 0.15) is 23.2 Å². The summed E-state index contributed by atoms with van der Waals surface area (Å²) in [5, 5.41) is 3.25. The van der Waals surface area contributed by atoms with Crippen molar-refractivity contribution >= 4 is 0 Å². The lowest BCUT2D eigenvalue weighted by Crippen LogP contribution is -2.18. The zero-order chi connectivity index (χ0) is 10.7. The smallest absolute Gasteiger partial charge is 0.107 e. The van der Waals surface area contributed by atoms with Gasteiger partial charge in [0.1, 0.15) is 11.6 Å². The molecule has 0 saturated heterocycles. The third kappa shape index (κ3) is 2.27. The SMILES string of the molecule is CNC(Cc1ncc[nH]1)c1coc(C)c1. The molecular weight excluding hydrogens is 190 g/mol. The minimum atomic E-state index is 0.244. The number of aromatic nitrogens is 2. The van der Waals surface area contributed by atoms with Gasteiger partial charge in [-0.2, -0.15) is 0 Å². The Morgan fingerprint density at radius 2 is 2.47 bits per heavy atom. The molecule has 4 heteroatoms. The summed E-state index contributed by atoms with van der Waals surface area (Å²) < 4.78 is 5.30. The highest BCUT2D eigenvalue weighted by Gasteiger charge is 2.13. The number of hydrogen-bond donors (Lipinski definition) is 2. The molecule has 1 unspecified atom stereocenters. The number of rotatable bonds is 4. The molecule has 2 aromatic heterocycles. The highest BCUT2D eigenvalue weighted by molar-refractivity contribution is 5.17. The van der Waals surface area contributed by atoms with Crippen LogP contribution < -0.4 is 5.32 Å². The van der Waals surface area contributed by atoms with Crippen LogP contribution in [0.5, 0.6) is 0 Å². The monoisotopic (exact) mass is 205 g/mol. The number of imidazole rings is 1. The van der Waals surface area contributed by atoms with E-state index in [1.54, 1.807) is 12.5 Å². The molecule has 2 rings (SSSR count). The molecular formula is C11H15N3O. The molecule has 4 nitrogen and oxygen atoms in total. The maximum absolute atomic E-state index is 5.30. The van der Waals surface area contributed by atoms with Crippen molar-refractivity contribution < 1.29 is 4.42 Å². The molecule has 2 aromatic rings. The van der Waals surface area contributed by atoms with Crippen LogP contribution in [0.2, 0.25) is 0 Å². The first-order valence-electron chi connectivity index (χ1n) is 5.00. The van der Waals surface area contributed by atoms with E-state index < -0.39 is 0 Å². The normalized spacial score (nSPS) is 12.9. The highest BCUT2D eigenvalue weighted by Crippen LogP contribution is 2.18. The van der Waals surface area contributed by atoms with Gasteiger partial charge >= 0.3 is 0 Å². The minimum absolute atomic E-state index is 0.244. The number of aryl methyl sites for hydroxylation is 1. The number of likely N-dealkylation sites (N-methyl/N-ethyl adjacent to an activating group) is 1. The van der Waals surface area contributed by atoms with E-state index in [1.807, 2.05) is 26.2 Å². The van der Waals surface area contributed by atoms with Crippen molar-refractivity contribution in [3.8, 4) is 0 Å². The fraction of sp³-hybridized carbons (Fsp3) is 0.364. The van der Waals surface area contributed by atoms with Crippen LogP contribution in [0.4, 0.5) is 0 Å². The Balaban J connectivity index is 2.11. The Bertz CT molecular complexity index is 405. The topological polar surface area (TPSA) is 53.9 Å². The van der Waals surface area contributed by atoms with Crippen LogP contribution in [-0.4, -0.2) is 17.0 Å². The van der Waals surface area contributed by atoms with Gasteiger partial charge in [0.05, 0.1) is 6.26 Å². The van der Waals surface area contributed by atoms with Gasteiger partial charge in [-0.25, -0.2) is 4.98 Å². The molecule has 0 bridgehead atoms. The molecule has 2 heterocycles. The zero-order valence-corrected chi connectivity index (χ0v) is 8.95. The summed E-state index contributed by atoms with van der Waals surface area (Å²) in [4.78, 5) is 7.31. The molecule has 0 amide bonds. The van der Waals surface area contributed by atoms with Crippen LogP contribution >= 0.6 is 0 Å². The van der Waals surface area contributed by atoms with Gasteiger partial charge in [-0.1, -0.05) is 0 Å². The lowest BCUT2D eigenvalue weighted by atomic mass is 10.1. The number of H-pyrrole nitrogens is 1. The summed E-state index contributed by atoms with van der Waals surface area (Å²) in [6.45, 7) is 1.95. The Morgan fingerprint density at radius 3 is 3.00 bits per heavy atom. The van der Waals surface area contributed by atoms with E-state index in [0.717, 1.165) is 23.6 Å². The molecule has 80 valence electrons. The van der Waals surface area contributed by atoms with E-state index in [1.165, 1.54) is 0 Å². The number of furan rings is 1. The minimum Gasteiger partial charge on any atom is -0.469 e. The van der Waals surface area contributed by atoms with E-state index in [4.69, 9.17) is 4.42 Å².